The molecule has 132 valence electrons. The van der Waals surface area contributed by atoms with Gasteiger partial charge in [0, 0.05) is 5.56 Å². The van der Waals surface area contributed by atoms with Gasteiger partial charge in [-0.15, -0.1) is 0 Å². The van der Waals surface area contributed by atoms with Gasteiger partial charge in [-0.25, -0.2) is 4.68 Å². The van der Waals surface area contributed by atoms with Crippen LogP contribution in [0.3, 0.4) is 0 Å². The lowest BCUT2D eigenvalue weighted by molar-refractivity contribution is 0.0846. The Morgan fingerprint density at radius 2 is 1.62 bits per heavy atom. The second kappa shape index (κ2) is 7.65. The number of amides is 2. The number of nitrogens with zero attached hydrogens (tertiary/aromatic N) is 2. The largest absolute Gasteiger partial charge is 0.273 e. The molecule has 0 saturated carbocycles. The van der Waals surface area contributed by atoms with E-state index in [2.05, 4.69) is 16.0 Å². The minimum absolute atomic E-state index is 0.367. The van der Waals surface area contributed by atoms with E-state index in [-0.39, 0.29) is 5.91 Å². The third-order valence-electron chi connectivity index (χ3n) is 4.17. The third kappa shape index (κ3) is 3.64. The van der Waals surface area contributed by atoms with Crippen LogP contribution in [0.15, 0.2) is 60.8 Å². The Morgan fingerprint density at radius 3 is 2.27 bits per heavy atom. The lowest BCUT2D eigenvalue weighted by atomic mass is 10.1. The molecule has 3 rings (SSSR count). The molecule has 2 aromatic carbocycles. The Morgan fingerprint density at radius 1 is 0.962 bits per heavy atom. The first kappa shape index (κ1) is 17.4. The van der Waals surface area contributed by atoms with Gasteiger partial charge >= 0.3 is 0 Å². The molecule has 2 N–H and O–H groups in total. The number of nitrogens with one attached hydrogen (secondary N) is 2. The van der Waals surface area contributed by atoms with Crippen LogP contribution in [0.4, 0.5) is 0 Å². The van der Waals surface area contributed by atoms with E-state index < -0.39 is 5.91 Å². The topological polar surface area (TPSA) is 76.0 Å². The first-order chi connectivity index (χ1) is 12.6. The number of benzene rings is 2. The highest BCUT2D eigenvalue weighted by Crippen LogP contribution is 2.13. The molecule has 6 heteroatoms. The number of carbonyl (C=O) groups is 2. The van der Waals surface area contributed by atoms with E-state index in [9.17, 15) is 9.59 Å². The van der Waals surface area contributed by atoms with Gasteiger partial charge in [0.15, 0.2) is 0 Å². The minimum Gasteiger partial charge on any atom is -0.267 e. The van der Waals surface area contributed by atoms with Crippen LogP contribution >= 0.6 is 0 Å². The highest BCUT2D eigenvalue weighted by Gasteiger charge is 2.16. The van der Waals surface area contributed by atoms with Crippen LogP contribution < -0.4 is 10.9 Å². The van der Waals surface area contributed by atoms with Crippen LogP contribution in [0.25, 0.3) is 5.69 Å². The Hall–Kier alpha value is -3.41. The summed E-state index contributed by atoms with van der Waals surface area (Å²) in [4.78, 5) is 24.5. The summed E-state index contributed by atoms with van der Waals surface area (Å²) in [5.41, 5.74) is 8.46. The second-order valence-corrected chi connectivity index (χ2v) is 5.85. The van der Waals surface area contributed by atoms with Crippen molar-refractivity contribution in [2.24, 2.45) is 0 Å². The van der Waals surface area contributed by atoms with E-state index in [4.69, 9.17) is 0 Å². The van der Waals surface area contributed by atoms with Gasteiger partial charge < -0.3 is 0 Å². The van der Waals surface area contributed by atoms with Crippen molar-refractivity contribution in [3.63, 3.8) is 0 Å². The van der Waals surface area contributed by atoms with Crippen molar-refractivity contribution in [1.29, 1.82) is 0 Å². The maximum atomic E-state index is 12.4. The molecule has 6 nitrogen and oxygen atoms in total. The SMILES string of the molecule is CCc1ccc(C(=O)NNC(=O)c2cnn(-c3ccccc3)c2C)cc1. The van der Waals surface area contributed by atoms with Crippen LogP contribution in [-0.4, -0.2) is 21.6 Å². The van der Waals surface area contributed by atoms with Gasteiger partial charge in [0.2, 0.25) is 0 Å². The molecule has 0 unspecified atom stereocenters. The maximum absolute atomic E-state index is 12.4. The van der Waals surface area contributed by atoms with E-state index in [0.717, 1.165) is 17.7 Å². The predicted octanol–water partition coefficient (Wildman–Crippen LogP) is 2.82. The number of rotatable bonds is 4. The smallest absolute Gasteiger partial charge is 0.267 e. The fourth-order valence-electron chi connectivity index (χ4n) is 2.61. The number of aromatic nitrogens is 2. The quantitative estimate of drug-likeness (QED) is 0.712. The molecule has 0 fully saturated rings. The number of para-hydroxylation sites is 1. The summed E-state index contributed by atoms with van der Waals surface area (Å²) in [5, 5.41) is 4.25. The van der Waals surface area contributed by atoms with E-state index in [1.54, 1.807) is 23.7 Å². The summed E-state index contributed by atoms with van der Waals surface area (Å²) in [6, 6.07) is 16.8. The minimum atomic E-state index is -0.414. The zero-order valence-corrected chi connectivity index (χ0v) is 14.7. The highest BCUT2D eigenvalue weighted by atomic mass is 16.2. The zero-order valence-electron chi connectivity index (χ0n) is 14.7. The van der Waals surface area contributed by atoms with Gasteiger partial charge in [-0.05, 0) is 43.2 Å². The number of hydrazine groups is 1. The van der Waals surface area contributed by atoms with Gasteiger partial charge in [-0.1, -0.05) is 37.3 Å². The Labute approximate surface area is 151 Å². The third-order valence-corrected chi connectivity index (χ3v) is 4.17. The van der Waals surface area contributed by atoms with Crippen LogP contribution in [-0.2, 0) is 6.42 Å². The molecule has 1 aromatic heterocycles. The average Bonchev–Trinajstić information content (AvgIpc) is 3.08. The van der Waals surface area contributed by atoms with Gasteiger partial charge in [-0.2, -0.15) is 5.10 Å². The summed E-state index contributed by atoms with van der Waals surface area (Å²) >= 11 is 0. The summed E-state index contributed by atoms with van der Waals surface area (Å²) in [6.45, 7) is 3.85. The number of hydrogen-bond acceptors (Lipinski definition) is 3. The molecular formula is C20H20N4O2. The molecule has 0 radical (unpaired) electrons. The van der Waals surface area contributed by atoms with Crippen molar-refractivity contribution in [2.45, 2.75) is 20.3 Å². The number of hydrogen-bond donors (Lipinski definition) is 2. The average molecular weight is 348 g/mol. The summed E-state index contributed by atoms with van der Waals surface area (Å²) in [5.74, 6) is -0.780. The summed E-state index contributed by atoms with van der Waals surface area (Å²) in [7, 11) is 0. The maximum Gasteiger partial charge on any atom is 0.273 e. The van der Waals surface area contributed by atoms with Gasteiger partial charge in [0.05, 0.1) is 23.1 Å². The van der Waals surface area contributed by atoms with E-state index >= 15 is 0 Å². The van der Waals surface area contributed by atoms with Crippen molar-refractivity contribution in [3.05, 3.63) is 83.2 Å². The van der Waals surface area contributed by atoms with E-state index in [1.807, 2.05) is 49.4 Å². The van der Waals surface area contributed by atoms with Crippen molar-refractivity contribution in [2.75, 3.05) is 0 Å². The first-order valence-corrected chi connectivity index (χ1v) is 8.40. The van der Waals surface area contributed by atoms with Crippen molar-refractivity contribution < 1.29 is 9.59 Å². The first-order valence-electron chi connectivity index (χ1n) is 8.40. The second-order valence-electron chi connectivity index (χ2n) is 5.85. The summed E-state index contributed by atoms with van der Waals surface area (Å²) < 4.78 is 1.68. The molecule has 0 atom stereocenters. The van der Waals surface area contributed by atoms with E-state index in [0.29, 0.717) is 16.8 Å². The standard InChI is InChI=1S/C20H20N4O2/c1-3-15-9-11-16(12-10-15)19(25)22-23-20(26)18-13-21-24(14(18)2)17-7-5-4-6-8-17/h4-13H,3H2,1-2H3,(H,22,25)(H,23,26). The van der Waals surface area contributed by atoms with Gasteiger partial charge in [-0.3, -0.25) is 20.4 Å². The normalized spacial score (nSPS) is 10.4. The highest BCUT2D eigenvalue weighted by molar-refractivity contribution is 5.99. The number of aryl methyl sites for hydroxylation is 1. The van der Waals surface area contributed by atoms with E-state index in [1.165, 1.54) is 6.20 Å². The Kier molecular flexibility index (Phi) is 5.12. The molecule has 3 aromatic rings. The fraction of sp³-hybridized carbons (Fsp3) is 0.150. The fourth-order valence-corrected chi connectivity index (χ4v) is 2.61. The lowest BCUT2D eigenvalue weighted by Crippen LogP contribution is -2.41. The lowest BCUT2D eigenvalue weighted by Gasteiger charge is -2.08. The molecule has 0 spiro atoms. The number of carbonyl (C=O) groups excluding carboxylic acids is 2. The zero-order chi connectivity index (χ0) is 18.5. The predicted molar refractivity (Wildman–Crippen MR) is 99.1 cm³/mol. The Balaban J connectivity index is 1.67. The van der Waals surface area contributed by atoms with Crippen molar-refractivity contribution in [3.8, 4) is 5.69 Å². The van der Waals surface area contributed by atoms with Crippen LogP contribution in [0.5, 0.6) is 0 Å². The van der Waals surface area contributed by atoms with Gasteiger partial charge in [0.25, 0.3) is 11.8 Å². The molecular weight excluding hydrogens is 328 g/mol. The van der Waals surface area contributed by atoms with Crippen molar-refractivity contribution >= 4 is 11.8 Å². The molecule has 0 aliphatic rings. The van der Waals surface area contributed by atoms with Gasteiger partial charge in [0.1, 0.15) is 0 Å². The molecule has 0 saturated heterocycles. The summed E-state index contributed by atoms with van der Waals surface area (Å²) in [6.07, 6.45) is 2.39. The molecule has 0 aliphatic carbocycles. The molecule has 0 aliphatic heterocycles. The molecule has 1 heterocycles. The molecule has 2 amide bonds. The Bertz CT molecular complexity index is 915. The molecule has 26 heavy (non-hydrogen) atoms. The van der Waals surface area contributed by atoms with Crippen LogP contribution in [0, 0.1) is 6.92 Å². The van der Waals surface area contributed by atoms with Crippen LogP contribution in [0.1, 0.15) is 38.9 Å². The monoisotopic (exact) mass is 348 g/mol. The molecule has 0 bridgehead atoms. The van der Waals surface area contributed by atoms with Crippen LogP contribution in [0.2, 0.25) is 0 Å². The van der Waals surface area contributed by atoms with Crippen molar-refractivity contribution in [1.82, 2.24) is 20.6 Å².